The number of rotatable bonds is 6. The van der Waals surface area contributed by atoms with E-state index >= 15 is 0 Å². The van der Waals surface area contributed by atoms with E-state index in [1.54, 1.807) is 37.3 Å². The molecule has 0 unspecified atom stereocenters. The number of nitrogens with zero attached hydrogens (tertiary/aromatic N) is 2. The average molecular weight is 473 g/mol. The molecule has 0 aliphatic heterocycles. The Morgan fingerprint density at radius 1 is 0.941 bits per heavy atom. The Morgan fingerprint density at radius 2 is 1.62 bits per heavy atom. The number of aryl methyl sites for hydroxylation is 1. The van der Waals surface area contributed by atoms with E-state index in [0.717, 1.165) is 39.5 Å². The molecule has 34 heavy (non-hydrogen) atoms. The van der Waals surface area contributed by atoms with Crippen LogP contribution in [-0.4, -0.2) is 31.3 Å². The second kappa shape index (κ2) is 9.44. The van der Waals surface area contributed by atoms with Gasteiger partial charge in [0, 0.05) is 16.6 Å². The number of aromatic nitrogens is 1. The van der Waals surface area contributed by atoms with Crippen molar-refractivity contribution in [2.75, 3.05) is 11.0 Å². The number of nitrogens with one attached hydrogen (secondary N) is 2. The topological polar surface area (TPSA) is 101 Å². The third-order valence-corrected chi connectivity index (χ3v) is 5.92. The van der Waals surface area contributed by atoms with E-state index in [2.05, 4.69) is 15.2 Å². The van der Waals surface area contributed by atoms with Gasteiger partial charge >= 0.3 is 0 Å². The second-order valence-electron chi connectivity index (χ2n) is 7.98. The summed E-state index contributed by atoms with van der Waals surface area (Å²) in [6.45, 7) is 3.78. The SMILES string of the molecule is C/C(=N\NC(=O)c1cc(-c2ccccc2C)nc2ccccc12)c1ccc(NS(C)(=O)=O)cc1. The van der Waals surface area contributed by atoms with Crippen molar-refractivity contribution in [2.24, 2.45) is 5.10 Å². The Labute approximate surface area is 198 Å². The highest BCUT2D eigenvalue weighted by molar-refractivity contribution is 7.92. The number of benzene rings is 3. The highest BCUT2D eigenvalue weighted by Gasteiger charge is 2.15. The summed E-state index contributed by atoms with van der Waals surface area (Å²) in [6.07, 6.45) is 1.09. The Hall–Kier alpha value is -4.04. The van der Waals surface area contributed by atoms with Crippen molar-refractivity contribution in [3.63, 3.8) is 0 Å². The van der Waals surface area contributed by atoms with Crippen molar-refractivity contribution in [3.8, 4) is 11.3 Å². The van der Waals surface area contributed by atoms with Gasteiger partial charge in [0.25, 0.3) is 5.91 Å². The highest BCUT2D eigenvalue weighted by atomic mass is 32.2. The number of hydrazone groups is 1. The zero-order valence-electron chi connectivity index (χ0n) is 19.0. The van der Waals surface area contributed by atoms with Crippen LogP contribution >= 0.6 is 0 Å². The first-order chi connectivity index (χ1) is 16.2. The van der Waals surface area contributed by atoms with Crippen LogP contribution in [0.25, 0.3) is 22.2 Å². The van der Waals surface area contributed by atoms with Gasteiger partial charge in [0.1, 0.15) is 0 Å². The molecule has 0 saturated carbocycles. The van der Waals surface area contributed by atoms with Crippen LogP contribution in [0.3, 0.4) is 0 Å². The third kappa shape index (κ3) is 5.29. The molecule has 4 aromatic rings. The van der Waals surface area contributed by atoms with Crippen LogP contribution in [0, 0.1) is 6.92 Å². The molecule has 0 aliphatic carbocycles. The van der Waals surface area contributed by atoms with Crippen LogP contribution in [-0.2, 0) is 10.0 Å². The molecule has 0 atom stereocenters. The average Bonchev–Trinajstić information content (AvgIpc) is 2.81. The van der Waals surface area contributed by atoms with E-state index in [4.69, 9.17) is 4.98 Å². The van der Waals surface area contributed by atoms with Crippen LogP contribution in [0.4, 0.5) is 5.69 Å². The van der Waals surface area contributed by atoms with Crippen molar-refractivity contribution in [3.05, 3.63) is 95.6 Å². The predicted molar refractivity (Wildman–Crippen MR) is 137 cm³/mol. The fourth-order valence-corrected chi connectivity index (χ4v) is 4.18. The molecule has 1 heterocycles. The molecular weight excluding hydrogens is 448 g/mol. The number of carbonyl (C=O) groups excluding carboxylic acids is 1. The van der Waals surface area contributed by atoms with Crippen LogP contribution < -0.4 is 10.1 Å². The maximum atomic E-state index is 13.2. The van der Waals surface area contributed by atoms with E-state index in [9.17, 15) is 13.2 Å². The maximum absolute atomic E-state index is 13.2. The van der Waals surface area contributed by atoms with Gasteiger partial charge in [0.2, 0.25) is 10.0 Å². The molecule has 4 rings (SSSR count). The van der Waals surface area contributed by atoms with Crippen molar-refractivity contribution < 1.29 is 13.2 Å². The number of hydrogen-bond acceptors (Lipinski definition) is 5. The molecule has 1 aromatic heterocycles. The molecule has 0 fully saturated rings. The van der Waals surface area contributed by atoms with Crippen molar-refractivity contribution in [2.45, 2.75) is 13.8 Å². The second-order valence-corrected chi connectivity index (χ2v) is 9.73. The first kappa shape index (κ1) is 23.1. The monoisotopic (exact) mass is 472 g/mol. The van der Waals surface area contributed by atoms with Crippen molar-refractivity contribution in [1.29, 1.82) is 0 Å². The zero-order chi connectivity index (χ0) is 24.3. The minimum absolute atomic E-state index is 0.344. The molecular formula is C26H24N4O3S. The minimum atomic E-state index is -3.35. The summed E-state index contributed by atoms with van der Waals surface area (Å²) >= 11 is 0. The zero-order valence-corrected chi connectivity index (χ0v) is 19.8. The smallest absolute Gasteiger partial charge is 0.272 e. The summed E-state index contributed by atoms with van der Waals surface area (Å²) in [5.74, 6) is -0.344. The number of sulfonamides is 1. The van der Waals surface area contributed by atoms with Gasteiger partial charge in [-0.2, -0.15) is 5.10 Å². The first-order valence-electron chi connectivity index (χ1n) is 10.6. The first-order valence-corrected chi connectivity index (χ1v) is 12.5. The number of para-hydroxylation sites is 1. The number of anilines is 1. The lowest BCUT2D eigenvalue weighted by molar-refractivity contribution is 0.0956. The van der Waals surface area contributed by atoms with Gasteiger partial charge in [-0.3, -0.25) is 9.52 Å². The van der Waals surface area contributed by atoms with Gasteiger partial charge in [-0.05, 0) is 49.2 Å². The van der Waals surface area contributed by atoms with E-state index in [1.807, 2.05) is 55.5 Å². The van der Waals surface area contributed by atoms with Gasteiger partial charge < -0.3 is 0 Å². The largest absolute Gasteiger partial charge is 0.284 e. The standard InChI is InChI=1S/C26H24N4O3S/c1-17-8-4-5-9-21(17)25-16-23(22-10-6-7-11-24(22)27-25)26(31)29-28-18(2)19-12-14-20(15-13-19)30-34(3,32)33/h4-16,30H,1-3H3,(H,29,31)/b28-18+. The number of hydrogen-bond donors (Lipinski definition) is 2. The number of pyridine rings is 1. The van der Waals surface area contributed by atoms with Gasteiger partial charge in [-0.15, -0.1) is 0 Å². The van der Waals surface area contributed by atoms with Crippen molar-refractivity contribution >= 4 is 38.2 Å². The van der Waals surface area contributed by atoms with E-state index in [1.165, 1.54) is 0 Å². The maximum Gasteiger partial charge on any atom is 0.272 e. The normalized spacial score (nSPS) is 11.9. The fraction of sp³-hybridized carbons (Fsp3) is 0.115. The predicted octanol–water partition coefficient (Wildman–Crippen LogP) is 4.74. The lowest BCUT2D eigenvalue weighted by Gasteiger charge is -2.11. The van der Waals surface area contributed by atoms with Gasteiger partial charge in [-0.25, -0.2) is 18.8 Å². The Kier molecular flexibility index (Phi) is 6.43. The third-order valence-electron chi connectivity index (χ3n) is 5.31. The van der Waals surface area contributed by atoms with Gasteiger partial charge in [-0.1, -0.05) is 54.6 Å². The van der Waals surface area contributed by atoms with Gasteiger partial charge in [0.05, 0.1) is 28.7 Å². The quantitative estimate of drug-likeness (QED) is 0.313. The van der Waals surface area contributed by atoms with Crippen LogP contribution in [0.1, 0.15) is 28.4 Å². The lowest BCUT2D eigenvalue weighted by atomic mass is 10.0. The Morgan fingerprint density at radius 3 is 2.32 bits per heavy atom. The molecule has 3 aromatic carbocycles. The summed E-state index contributed by atoms with van der Waals surface area (Å²) < 4.78 is 25.2. The number of amides is 1. The number of fused-ring (bicyclic) bond motifs is 1. The highest BCUT2D eigenvalue weighted by Crippen LogP contribution is 2.27. The molecule has 2 N–H and O–H groups in total. The summed E-state index contributed by atoms with van der Waals surface area (Å²) in [6, 6.07) is 24.0. The molecule has 0 saturated heterocycles. The molecule has 7 nitrogen and oxygen atoms in total. The van der Waals surface area contributed by atoms with Crippen molar-refractivity contribution in [1.82, 2.24) is 10.4 Å². The van der Waals surface area contributed by atoms with E-state index in [0.29, 0.717) is 17.0 Å². The van der Waals surface area contributed by atoms with Crippen LogP contribution in [0.15, 0.2) is 84.0 Å². The molecule has 172 valence electrons. The van der Waals surface area contributed by atoms with Crippen LogP contribution in [0.5, 0.6) is 0 Å². The minimum Gasteiger partial charge on any atom is -0.284 e. The lowest BCUT2D eigenvalue weighted by Crippen LogP contribution is -2.20. The molecule has 8 heteroatoms. The Balaban J connectivity index is 1.63. The van der Waals surface area contributed by atoms with E-state index in [-0.39, 0.29) is 5.91 Å². The molecule has 0 bridgehead atoms. The van der Waals surface area contributed by atoms with E-state index < -0.39 is 10.0 Å². The fourth-order valence-electron chi connectivity index (χ4n) is 3.61. The molecule has 1 amide bonds. The summed E-state index contributed by atoms with van der Waals surface area (Å²) in [7, 11) is -3.35. The summed E-state index contributed by atoms with van der Waals surface area (Å²) in [4.78, 5) is 17.9. The molecule has 0 radical (unpaired) electrons. The summed E-state index contributed by atoms with van der Waals surface area (Å²) in [5, 5.41) is 5.00. The molecule has 0 spiro atoms. The summed E-state index contributed by atoms with van der Waals surface area (Å²) in [5.41, 5.74) is 8.38. The number of carbonyl (C=O) groups is 1. The Bertz CT molecular complexity index is 1510. The van der Waals surface area contributed by atoms with Crippen LogP contribution in [0.2, 0.25) is 0 Å². The van der Waals surface area contributed by atoms with Gasteiger partial charge in [0.15, 0.2) is 0 Å². The molecule has 0 aliphatic rings.